The number of nitrogens with one attached hydrogen (secondary N) is 2. The summed E-state index contributed by atoms with van der Waals surface area (Å²) in [6.45, 7) is 4.22. The van der Waals surface area contributed by atoms with Gasteiger partial charge in [-0.25, -0.2) is 0 Å². The van der Waals surface area contributed by atoms with Crippen molar-refractivity contribution >= 4 is 18.3 Å². The summed E-state index contributed by atoms with van der Waals surface area (Å²) in [4.78, 5) is 11.7. The summed E-state index contributed by atoms with van der Waals surface area (Å²) in [6.07, 6.45) is 7.01. The Bertz CT molecular complexity index is 242. The molecule has 2 rings (SSSR count). The first-order valence-corrected chi connectivity index (χ1v) is 6.74. The maximum absolute atomic E-state index is 11.7. The molecule has 1 amide bonds. The van der Waals surface area contributed by atoms with Crippen molar-refractivity contribution in [2.75, 3.05) is 13.1 Å². The molecule has 0 radical (unpaired) electrons. The Hall–Kier alpha value is -0.280. The molecule has 0 bridgehead atoms. The van der Waals surface area contributed by atoms with Gasteiger partial charge in [-0.05, 0) is 44.1 Å². The molecule has 4 heteroatoms. The van der Waals surface area contributed by atoms with E-state index in [1.165, 1.54) is 32.1 Å². The van der Waals surface area contributed by atoms with Gasteiger partial charge in [0.15, 0.2) is 0 Å². The Balaban J connectivity index is 0.00000144. The van der Waals surface area contributed by atoms with Crippen molar-refractivity contribution < 1.29 is 4.79 Å². The fraction of sp³-hybridized carbons (Fsp3) is 0.923. The van der Waals surface area contributed by atoms with E-state index in [9.17, 15) is 4.79 Å². The molecule has 2 aliphatic rings. The van der Waals surface area contributed by atoms with Crippen LogP contribution in [0.2, 0.25) is 0 Å². The molecule has 0 spiro atoms. The standard InChI is InChI=1S/C13H24N2O.ClH/c1-10-4-5-11(7-10)8-13(16)15-9-12-3-2-6-14-12;/h10-12,14H,2-9H2,1H3,(H,15,16);1H. The van der Waals surface area contributed by atoms with E-state index >= 15 is 0 Å². The van der Waals surface area contributed by atoms with Crippen LogP contribution >= 0.6 is 12.4 Å². The predicted octanol–water partition coefficient (Wildman–Crippen LogP) is 2.10. The maximum atomic E-state index is 11.7. The molecule has 0 aromatic heterocycles. The van der Waals surface area contributed by atoms with Crippen LogP contribution in [0.3, 0.4) is 0 Å². The highest BCUT2D eigenvalue weighted by molar-refractivity contribution is 5.85. The number of halogens is 1. The zero-order valence-electron chi connectivity index (χ0n) is 10.7. The Morgan fingerprint density at radius 3 is 2.76 bits per heavy atom. The van der Waals surface area contributed by atoms with Gasteiger partial charge in [-0.2, -0.15) is 0 Å². The molecule has 2 N–H and O–H groups in total. The van der Waals surface area contributed by atoms with Gasteiger partial charge in [-0.15, -0.1) is 12.4 Å². The maximum Gasteiger partial charge on any atom is 0.220 e. The third-order valence-electron chi connectivity index (χ3n) is 3.99. The predicted molar refractivity (Wildman–Crippen MR) is 72.4 cm³/mol. The largest absolute Gasteiger partial charge is 0.355 e. The number of hydrogen-bond donors (Lipinski definition) is 2. The van der Waals surface area contributed by atoms with Crippen LogP contribution in [-0.2, 0) is 4.79 Å². The number of rotatable bonds is 4. The number of carbonyl (C=O) groups is 1. The second kappa shape index (κ2) is 7.22. The minimum atomic E-state index is 0. The van der Waals surface area contributed by atoms with E-state index in [2.05, 4.69) is 17.6 Å². The summed E-state index contributed by atoms with van der Waals surface area (Å²) < 4.78 is 0. The highest BCUT2D eigenvalue weighted by atomic mass is 35.5. The van der Waals surface area contributed by atoms with E-state index in [0.717, 1.165) is 25.4 Å². The van der Waals surface area contributed by atoms with Crippen LogP contribution in [0.25, 0.3) is 0 Å². The lowest BCUT2D eigenvalue weighted by atomic mass is 10.0. The normalized spacial score (nSPS) is 32.2. The highest BCUT2D eigenvalue weighted by Gasteiger charge is 2.23. The average Bonchev–Trinajstić information content (AvgIpc) is 2.87. The molecule has 1 saturated carbocycles. The third-order valence-corrected chi connectivity index (χ3v) is 3.99. The summed E-state index contributed by atoms with van der Waals surface area (Å²) in [5.41, 5.74) is 0. The molecule has 0 aromatic carbocycles. The van der Waals surface area contributed by atoms with E-state index in [0.29, 0.717) is 12.0 Å². The molecular weight excluding hydrogens is 236 g/mol. The van der Waals surface area contributed by atoms with Crippen LogP contribution in [0.15, 0.2) is 0 Å². The van der Waals surface area contributed by atoms with E-state index in [1.807, 2.05) is 0 Å². The van der Waals surface area contributed by atoms with Crippen molar-refractivity contribution in [1.29, 1.82) is 0 Å². The molecule has 1 aliphatic heterocycles. The molecule has 100 valence electrons. The molecule has 3 atom stereocenters. The van der Waals surface area contributed by atoms with Crippen molar-refractivity contribution in [2.45, 2.75) is 51.5 Å². The fourth-order valence-electron chi connectivity index (χ4n) is 3.01. The second-order valence-corrected chi connectivity index (χ2v) is 5.59. The molecule has 0 aromatic rings. The number of amides is 1. The van der Waals surface area contributed by atoms with Gasteiger partial charge in [-0.1, -0.05) is 13.3 Å². The summed E-state index contributed by atoms with van der Waals surface area (Å²) in [5, 5.41) is 6.46. The van der Waals surface area contributed by atoms with Gasteiger partial charge in [0.1, 0.15) is 0 Å². The van der Waals surface area contributed by atoms with Crippen LogP contribution in [-0.4, -0.2) is 25.0 Å². The highest BCUT2D eigenvalue weighted by Crippen LogP contribution is 2.32. The molecule has 2 fully saturated rings. The second-order valence-electron chi connectivity index (χ2n) is 5.59. The van der Waals surface area contributed by atoms with Gasteiger partial charge in [-0.3, -0.25) is 4.79 Å². The van der Waals surface area contributed by atoms with Crippen molar-refractivity contribution in [3.05, 3.63) is 0 Å². The third kappa shape index (κ3) is 4.84. The SMILES string of the molecule is CC1CCC(CC(=O)NCC2CCCN2)C1.Cl. The Morgan fingerprint density at radius 1 is 1.35 bits per heavy atom. The fourth-order valence-corrected chi connectivity index (χ4v) is 3.01. The summed E-state index contributed by atoms with van der Waals surface area (Å²) in [6, 6.07) is 0.520. The first-order valence-electron chi connectivity index (χ1n) is 6.74. The first-order chi connectivity index (χ1) is 7.74. The number of hydrogen-bond acceptors (Lipinski definition) is 2. The van der Waals surface area contributed by atoms with Crippen LogP contribution < -0.4 is 10.6 Å². The van der Waals surface area contributed by atoms with Crippen molar-refractivity contribution in [1.82, 2.24) is 10.6 Å². The molecular formula is C13H25ClN2O. The van der Waals surface area contributed by atoms with Gasteiger partial charge in [0.25, 0.3) is 0 Å². The van der Waals surface area contributed by atoms with Gasteiger partial charge in [0.2, 0.25) is 5.91 Å². The minimum Gasteiger partial charge on any atom is -0.355 e. The van der Waals surface area contributed by atoms with Crippen LogP contribution in [0.5, 0.6) is 0 Å². The topological polar surface area (TPSA) is 41.1 Å². The van der Waals surface area contributed by atoms with Crippen LogP contribution in [0, 0.1) is 11.8 Å². The quantitative estimate of drug-likeness (QED) is 0.813. The van der Waals surface area contributed by atoms with E-state index in [4.69, 9.17) is 0 Å². The molecule has 3 nitrogen and oxygen atoms in total. The lowest BCUT2D eigenvalue weighted by Gasteiger charge is -2.13. The Labute approximate surface area is 111 Å². The van der Waals surface area contributed by atoms with Crippen LogP contribution in [0.4, 0.5) is 0 Å². The molecule has 1 saturated heterocycles. The van der Waals surface area contributed by atoms with E-state index < -0.39 is 0 Å². The Kier molecular flexibility index (Phi) is 6.28. The van der Waals surface area contributed by atoms with Gasteiger partial charge >= 0.3 is 0 Å². The van der Waals surface area contributed by atoms with Crippen LogP contribution in [0.1, 0.15) is 45.4 Å². The molecule has 3 unspecified atom stereocenters. The average molecular weight is 261 g/mol. The monoisotopic (exact) mass is 260 g/mol. The lowest BCUT2D eigenvalue weighted by Crippen LogP contribution is -2.37. The molecule has 1 heterocycles. The summed E-state index contributed by atoms with van der Waals surface area (Å²) >= 11 is 0. The minimum absolute atomic E-state index is 0. The van der Waals surface area contributed by atoms with Crippen molar-refractivity contribution in [3.8, 4) is 0 Å². The van der Waals surface area contributed by atoms with E-state index in [-0.39, 0.29) is 18.3 Å². The van der Waals surface area contributed by atoms with Crippen molar-refractivity contribution in [3.63, 3.8) is 0 Å². The number of carbonyl (C=O) groups excluding carboxylic acids is 1. The van der Waals surface area contributed by atoms with Gasteiger partial charge < -0.3 is 10.6 Å². The van der Waals surface area contributed by atoms with Crippen molar-refractivity contribution in [2.24, 2.45) is 11.8 Å². The zero-order valence-corrected chi connectivity index (χ0v) is 11.5. The molecule has 1 aliphatic carbocycles. The van der Waals surface area contributed by atoms with Gasteiger partial charge in [0.05, 0.1) is 0 Å². The summed E-state index contributed by atoms with van der Waals surface area (Å²) in [5.74, 6) is 1.73. The summed E-state index contributed by atoms with van der Waals surface area (Å²) in [7, 11) is 0. The van der Waals surface area contributed by atoms with E-state index in [1.54, 1.807) is 0 Å². The van der Waals surface area contributed by atoms with Gasteiger partial charge in [0, 0.05) is 19.0 Å². The Morgan fingerprint density at radius 2 is 2.18 bits per heavy atom. The first kappa shape index (κ1) is 14.8. The smallest absolute Gasteiger partial charge is 0.220 e. The molecule has 17 heavy (non-hydrogen) atoms. The lowest BCUT2D eigenvalue weighted by molar-refractivity contribution is -0.122. The zero-order chi connectivity index (χ0) is 11.4.